The molecule has 0 saturated heterocycles. The number of rotatable bonds is 3. The van der Waals surface area contributed by atoms with E-state index in [9.17, 15) is 0 Å². The molecule has 2 rings (SSSR count). The van der Waals surface area contributed by atoms with Crippen molar-refractivity contribution in [2.75, 3.05) is 11.1 Å². The van der Waals surface area contributed by atoms with Crippen LogP contribution in [0.2, 0.25) is 0 Å². The van der Waals surface area contributed by atoms with Crippen molar-refractivity contribution in [2.24, 2.45) is 0 Å². The number of benzene rings is 2. The minimum atomic E-state index is 0.291. The molecule has 0 spiro atoms. The van der Waals surface area contributed by atoms with Gasteiger partial charge in [0.15, 0.2) is 0 Å². The van der Waals surface area contributed by atoms with E-state index in [1.807, 2.05) is 25.1 Å². The molecule has 1 unspecified atom stereocenters. The molecule has 17 heavy (non-hydrogen) atoms. The van der Waals surface area contributed by atoms with Gasteiger partial charge in [0, 0.05) is 17.4 Å². The van der Waals surface area contributed by atoms with Crippen LogP contribution < -0.4 is 11.1 Å². The summed E-state index contributed by atoms with van der Waals surface area (Å²) in [6.07, 6.45) is 0. The van der Waals surface area contributed by atoms with Gasteiger partial charge in [-0.1, -0.05) is 30.3 Å². The van der Waals surface area contributed by atoms with Gasteiger partial charge in [-0.25, -0.2) is 0 Å². The van der Waals surface area contributed by atoms with Crippen LogP contribution in [0, 0.1) is 6.92 Å². The first-order valence-electron chi connectivity index (χ1n) is 5.84. The summed E-state index contributed by atoms with van der Waals surface area (Å²) in [5, 5.41) is 3.47. The van der Waals surface area contributed by atoms with Crippen LogP contribution in [0.25, 0.3) is 0 Å². The third-order valence-electron chi connectivity index (χ3n) is 2.95. The number of nitrogens with one attached hydrogen (secondary N) is 1. The van der Waals surface area contributed by atoms with Crippen LogP contribution in [0.15, 0.2) is 48.5 Å². The Bertz CT molecular complexity index is 492. The molecule has 2 aromatic carbocycles. The van der Waals surface area contributed by atoms with Crippen LogP contribution in [-0.4, -0.2) is 0 Å². The molecule has 2 nitrogen and oxygen atoms in total. The lowest BCUT2D eigenvalue weighted by atomic mass is 10.1. The molecule has 0 aliphatic carbocycles. The molecular weight excluding hydrogens is 208 g/mol. The Morgan fingerprint density at radius 2 is 1.76 bits per heavy atom. The van der Waals surface area contributed by atoms with E-state index >= 15 is 0 Å². The first-order valence-corrected chi connectivity index (χ1v) is 5.84. The first kappa shape index (κ1) is 11.5. The van der Waals surface area contributed by atoms with E-state index in [-0.39, 0.29) is 0 Å². The van der Waals surface area contributed by atoms with Crippen LogP contribution in [0.5, 0.6) is 0 Å². The van der Waals surface area contributed by atoms with Crippen molar-refractivity contribution < 1.29 is 0 Å². The van der Waals surface area contributed by atoms with Gasteiger partial charge in [-0.05, 0) is 43.2 Å². The summed E-state index contributed by atoms with van der Waals surface area (Å²) in [5.74, 6) is 0. The second kappa shape index (κ2) is 4.91. The van der Waals surface area contributed by atoms with Crippen molar-refractivity contribution in [3.63, 3.8) is 0 Å². The zero-order chi connectivity index (χ0) is 12.3. The molecule has 88 valence electrons. The number of nitrogens with two attached hydrogens (primary N) is 1. The van der Waals surface area contributed by atoms with Gasteiger partial charge in [-0.2, -0.15) is 0 Å². The number of hydrogen-bond acceptors (Lipinski definition) is 2. The standard InChI is InChI=1S/C15H18N2/c1-11-10-14(8-9-15(11)16)17-12(2)13-6-4-3-5-7-13/h3-10,12,17H,16H2,1-2H3. The van der Waals surface area contributed by atoms with E-state index in [2.05, 4.69) is 42.6 Å². The Morgan fingerprint density at radius 1 is 1.06 bits per heavy atom. The molecule has 2 heteroatoms. The Morgan fingerprint density at radius 3 is 2.41 bits per heavy atom. The maximum Gasteiger partial charge on any atom is 0.0485 e. The smallest absolute Gasteiger partial charge is 0.0485 e. The monoisotopic (exact) mass is 226 g/mol. The summed E-state index contributed by atoms with van der Waals surface area (Å²) in [6, 6.07) is 16.7. The normalized spacial score (nSPS) is 12.1. The van der Waals surface area contributed by atoms with Gasteiger partial charge in [-0.3, -0.25) is 0 Å². The van der Waals surface area contributed by atoms with Gasteiger partial charge in [0.05, 0.1) is 0 Å². The quantitative estimate of drug-likeness (QED) is 0.782. The Balaban J connectivity index is 2.13. The highest BCUT2D eigenvalue weighted by atomic mass is 14.9. The Kier molecular flexibility index (Phi) is 3.33. The molecule has 0 bridgehead atoms. The number of anilines is 2. The second-order valence-corrected chi connectivity index (χ2v) is 4.35. The zero-order valence-corrected chi connectivity index (χ0v) is 10.3. The lowest BCUT2D eigenvalue weighted by molar-refractivity contribution is 0.884. The van der Waals surface area contributed by atoms with Crippen molar-refractivity contribution in [1.82, 2.24) is 0 Å². The predicted molar refractivity (Wildman–Crippen MR) is 74.1 cm³/mol. The molecule has 0 fully saturated rings. The third-order valence-corrected chi connectivity index (χ3v) is 2.95. The van der Waals surface area contributed by atoms with Crippen molar-refractivity contribution >= 4 is 11.4 Å². The summed E-state index contributed by atoms with van der Waals surface area (Å²) in [4.78, 5) is 0. The molecule has 0 aliphatic rings. The minimum absolute atomic E-state index is 0.291. The largest absolute Gasteiger partial charge is 0.399 e. The molecule has 2 aromatic rings. The second-order valence-electron chi connectivity index (χ2n) is 4.35. The average molecular weight is 226 g/mol. The van der Waals surface area contributed by atoms with E-state index in [4.69, 9.17) is 5.73 Å². The zero-order valence-electron chi connectivity index (χ0n) is 10.3. The lowest BCUT2D eigenvalue weighted by Crippen LogP contribution is -2.06. The van der Waals surface area contributed by atoms with E-state index in [1.165, 1.54) is 5.56 Å². The van der Waals surface area contributed by atoms with Crippen molar-refractivity contribution in [3.8, 4) is 0 Å². The molecule has 1 atom stereocenters. The molecule has 0 radical (unpaired) electrons. The highest BCUT2D eigenvalue weighted by molar-refractivity contribution is 5.57. The Labute approximate surface area is 102 Å². The highest BCUT2D eigenvalue weighted by Gasteiger charge is 2.04. The maximum absolute atomic E-state index is 5.80. The van der Waals surface area contributed by atoms with Gasteiger partial charge in [-0.15, -0.1) is 0 Å². The molecule has 0 amide bonds. The van der Waals surface area contributed by atoms with E-state index in [0.29, 0.717) is 6.04 Å². The summed E-state index contributed by atoms with van der Waals surface area (Å²) in [5.41, 5.74) is 10.1. The van der Waals surface area contributed by atoms with E-state index in [1.54, 1.807) is 0 Å². The van der Waals surface area contributed by atoms with E-state index < -0.39 is 0 Å². The summed E-state index contributed by atoms with van der Waals surface area (Å²) in [6.45, 7) is 4.18. The van der Waals surface area contributed by atoms with Crippen LogP contribution in [0.4, 0.5) is 11.4 Å². The first-order chi connectivity index (χ1) is 8.16. The number of nitrogen functional groups attached to an aromatic ring is 1. The van der Waals surface area contributed by atoms with Gasteiger partial charge >= 0.3 is 0 Å². The topological polar surface area (TPSA) is 38.0 Å². The molecular formula is C15H18N2. The lowest BCUT2D eigenvalue weighted by Gasteiger charge is -2.16. The molecule has 0 heterocycles. The van der Waals surface area contributed by atoms with Crippen LogP contribution >= 0.6 is 0 Å². The third kappa shape index (κ3) is 2.78. The van der Waals surface area contributed by atoms with Crippen LogP contribution in [0.1, 0.15) is 24.1 Å². The average Bonchev–Trinajstić information content (AvgIpc) is 2.35. The molecule has 0 aliphatic heterocycles. The van der Waals surface area contributed by atoms with E-state index in [0.717, 1.165) is 16.9 Å². The van der Waals surface area contributed by atoms with Crippen molar-refractivity contribution in [3.05, 3.63) is 59.7 Å². The van der Waals surface area contributed by atoms with Crippen molar-refractivity contribution in [1.29, 1.82) is 0 Å². The molecule has 0 saturated carbocycles. The fourth-order valence-electron chi connectivity index (χ4n) is 1.84. The SMILES string of the molecule is Cc1cc(NC(C)c2ccccc2)ccc1N. The minimum Gasteiger partial charge on any atom is -0.399 e. The molecule has 3 N–H and O–H groups in total. The fourth-order valence-corrected chi connectivity index (χ4v) is 1.84. The van der Waals surface area contributed by atoms with Gasteiger partial charge < -0.3 is 11.1 Å². The maximum atomic E-state index is 5.80. The fraction of sp³-hybridized carbons (Fsp3) is 0.200. The van der Waals surface area contributed by atoms with Gasteiger partial charge in [0.25, 0.3) is 0 Å². The summed E-state index contributed by atoms with van der Waals surface area (Å²) in [7, 11) is 0. The number of hydrogen-bond donors (Lipinski definition) is 2. The van der Waals surface area contributed by atoms with Gasteiger partial charge in [0.1, 0.15) is 0 Å². The highest BCUT2D eigenvalue weighted by Crippen LogP contribution is 2.22. The number of aryl methyl sites for hydroxylation is 1. The van der Waals surface area contributed by atoms with Crippen LogP contribution in [0.3, 0.4) is 0 Å². The Hall–Kier alpha value is -1.96. The summed E-state index contributed by atoms with van der Waals surface area (Å²) < 4.78 is 0. The van der Waals surface area contributed by atoms with Gasteiger partial charge in [0.2, 0.25) is 0 Å². The van der Waals surface area contributed by atoms with Crippen LogP contribution in [-0.2, 0) is 0 Å². The predicted octanol–water partition coefficient (Wildman–Crippen LogP) is 3.75. The molecule has 0 aromatic heterocycles. The van der Waals surface area contributed by atoms with Crippen molar-refractivity contribution in [2.45, 2.75) is 19.9 Å². The summed E-state index contributed by atoms with van der Waals surface area (Å²) >= 11 is 0.